The molecule has 0 aliphatic heterocycles. The molecule has 10 rings (SSSR count). The van der Waals surface area contributed by atoms with Gasteiger partial charge in [-0.15, -0.1) is 11.3 Å². The first-order valence-electron chi connectivity index (χ1n) is 16.9. The fourth-order valence-corrected chi connectivity index (χ4v) is 8.90. The van der Waals surface area contributed by atoms with E-state index in [2.05, 4.69) is 119 Å². The number of fused-ring (bicyclic) bond motifs is 9. The zero-order valence-electron chi connectivity index (χ0n) is 27.8. The number of hydrogen-bond donors (Lipinski definition) is 0. The molecule has 10 aromatic rings. The smallest absolute Gasteiger partial charge is 0.0991 e. The maximum absolute atomic E-state index is 9.65. The van der Waals surface area contributed by atoms with Gasteiger partial charge < -0.3 is 9.13 Å². The Kier molecular flexibility index (Phi) is 6.39. The summed E-state index contributed by atoms with van der Waals surface area (Å²) in [5.41, 5.74) is 11.5. The lowest BCUT2D eigenvalue weighted by Crippen LogP contribution is -1.94. The molecule has 240 valence electrons. The van der Waals surface area contributed by atoms with Crippen LogP contribution in [0.1, 0.15) is 22.3 Å². The maximum atomic E-state index is 9.65. The van der Waals surface area contributed by atoms with Gasteiger partial charge in [-0.25, -0.2) is 0 Å². The fourth-order valence-electron chi connectivity index (χ4n) is 7.83. The van der Waals surface area contributed by atoms with Crippen molar-refractivity contribution in [3.8, 4) is 40.7 Å². The van der Waals surface area contributed by atoms with Gasteiger partial charge in [0.1, 0.15) is 0 Å². The van der Waals surface area contributed by atoms with E-state index in [-0.39, 0.29) is 0 Å². The van der Waals surface area contributed by atoms with Gasteiger partial charge >= 0.3 is 0 Å². The van der Waals surface area contributed by atoms with Crippen LogP contribution in [0, 0.1) is 40.9 Å². The van der Waals surface area contributed by atoms with Gasteiger partial charge in [-0.2, -0.15) is 15.8 Å². The van der Waals surface area contributed by atoms with Crippen molar-refractivity contribution in [3.63, 3.8) is 0 Å². The third kappa shape index (κ3) is 4.38. The highest BCUT2D eigenvalue weighted by Crippen LogP contribution is 2.40. The van der Waals surface area contributed by atoms with Crippen LogP contribution in [0.2, 0.25) is 0 Å². The van der Waals surface area contributed by atoms with E-state index in [1.807, 2.05) is 48.5 Å². The third-order valence-corrected chi connectivity index (χ3v) is 11.4. The van der Waals surface area contributed by atoms with Crippen LogP contribution in [-0.2, 0) is 0 Å². The molecule has 0 aliphatic carbocycles. The minimum atomic E-state index is 0.589. The lowest BCUT2D eigenvalue weighted by atomic mass is 10.0. The molecule has 5 nitrogen and oxygen atoms in total. The molecular formula is C46H25N5S. The van der Waals surface area contributed by atoms with E-state index in [0.29, 0.717) is 16.7 Å². The van der Waals surface area contributed by atoms with Crippen LogP contribution in [0.5, 0.6) is 0 Å². The maximum Gasteiger partial charge on any atom is 0.0991 e. The minimum Gasteiger partial charge on any atom is -0.309 e. The molecule has 6 heteroatoms. The second kappa shape index (κ2) is 11.2. The van der Waals surface area contributed by atoms with Crippen molar-refractivity contribution >= 4 is 75.1 Å². The molecule has 0 unspecified atom stereocenters. The van der Waals surface area contributed by atoms with Crippen molar-refractivity contribution in [1.29, 1.82) is 15.8 Å². The highest BCUT2D eigenvalue weighted by molar-refractivity contribution is 7.25. The first-order valence-corrected chi connectivity index (χ1v) is 17.7. The number of aromatic nitrogens is 2. The van der Waals surface area contributed by atoms with Crippen molar-refractivity contribution < 1.29 is 0 Å². The topological polar surface area (TPSA) is 81.2 Å². The Bertz CT molecular complexity index is 3230. The van der Waals surface area contributed by atoms with Crippen LogP contribution < -0.4 is 0 Å². The van der Waals surface area contributed by atoms with Crippen molar-refractivity contribution in [1.82, 2.24) is 9.13 Å². The van der Waals surface area contributed by atoms with Gasteiger partial charge in [0.25, 0.3) is 0 Å². The van der Waals surface area contributed by atoms with Crippen molar-refractivity contribution in [2.24, 2.45) is 0 Å². The van der Waals surface area contributed by atoms with Crippen LogP contribution in [-0.4, -0.2) is 9.13 Å². The van der Waals surface area contributed by atoms with E-state index in [0.717, 1.165) is 66.1 Å². The van der Waals surface area contributed by atoms with Gasteiger partial charge in [-0.3, -0.25) is 0 Å². The monoisotopic (exact) mass is 679 g/mol. The summed E-state index contributed by atoms with van der Waals surface area (Å²) in [6.07, 6.45) is 0. The molecule has 0 fully saturated rings. The Morgan fingerprint density at radius 1 is 0.423 bits per heavy atom. The van der Waals surface area contributed by atoms with E-state index >= 15 is 0 Å². The normalized spacial score (nSPS) is 11.5. The summed E-state index contributed by atoms with van der Waals surface area (Å²) in [7, 11) is 0. The van der Waals surface area contributed by atoms with Crippen LogP contribution in [0.3, 0.4) is 0 Å². The standard InChI is InChI=1S/C46H25N5S/c1-27-5-11-41-35(17-27)36-18-28(24-47)6-12-42(36)50(41)33-4-2-3-31(21-33)32-9-15-45-39(22-32)40-23-34(10-16-46(40)52-45)51-43-13-7-29(25-48)19-37(43)38-20-30(26-49)8-14-44(38)51/h2-23H,1H3. The van der Waals surface area contributed by atoms with Crippen LogP contribution in [0.4, 0.5) is 0 Å². The van der Waals surface area contributed by atoms with E-state index < -0.39 is 0 Å². The fraction of sp³-hybridized carbons (Fsp3) is 0.0217. The molecular weight excluding hydrogens is 655 g/mol. The van der Waals surface area contributed by atoms with Gasteiger partial charge in [-0.1, -0.05) is 29.8 Å². The molecule has 0 N–H and O–H groups in total. The molecule has 0 radical (unpaired) electrons. The Labute approximate surface area is 302 Å². The SMILES string of the molecule is Cc1ccc2c(c1)c1cc(C#N)ccc1n2-c1cccc(-c2ccc3sc4ccc(-n5c6ccc(C#N)cc6c6cc(C#N)ccc65)cc4c3c2)c1. The lowest BCUT2D eigenvalue weighted by molar-refractivity contribution is 1.18. The zero-order valence-corrected chi connectivity index (χ0v) is 28.7. The number of nitriles is 3. The van der Waals surface area contributed by atoms with Gasteiger partial charge in [0.2, 0.25) is 0 Å². The molecule has 0 atom stereocenters. The summed E-state index contributed by atoms with van der Waals surface area (Å²) in [5, 5.41) is 35.4. The molecule has 0 amide bonds. The van der Waals surface area contributed by atoms with Crippen molar-refractivity contribution in [2.75, 3.05) is 0 Å². The lowest BCUT2D eigenvalue weighted by Gasteiger charge is -2.11. The average molecular weight is 680 g/mol. The van der Waals surface area contributed by atoms with E-state index in [1.54, 1.807) is 11.3 Å². The van der Waals surface area contributed by atoms with E-state index in [1.165, 1.54) is 25.7 Å². The van der Waals surface area contributed by atoms with Gasteiger partial charge in [0.15, 0.2) is 0 Å². The van der Waals surface area contributed by atoms with Crippen LogP contribution >= 0.6 is 11.3 Å². The molecule has 7 aromatic carbocycles. The first-order chi connectivity index (χ1) is 25.5. The summed E-state index contributed by atoms with van der Waals surface area (Å²) < 4.78 is 6.96. The summed E-state index contributed by atoms with van der Waals surface area (Å²) >= 11 is 1.79. The summed E-state index contributed by atoms with van der Waals surface area (Å²) in [4.78, 5) is 0. The first kappa shape index (κ1) is 29.7. The average Bonchev–Trinajstić information content (AvgIpc) is 3.83. The molecule has 52 heavy (non-hydrogen) atoms. The molecule has 0 aliphatic rings. The van der Waals surface area contributed by atoms with Crippen molar-refractivity contribution in [3.05, 3.63) is 156 Å². The predicted molar refractivity (Wildman–Crippen MR) is 212 cm³/mol. The van der Waals surface area contributed by atoms with E-state index in [9.17, 15) is 15.8 Å². The number of thiophene rings is 1. The molecule has 0 saturated carbocycles. The molecule has 0 spiro atoms. The largest absolute Gasteiger partial charge is 0.309 e. The Balaban J connectivity index is 1.14. The second-order valence-electron chi connectivity index (χ2n) is 13.3. The van der Waals surface area contributed by atoms with Crippen molar-refractivity contribution in [2.45, 2.75) is 6.92 Å². The number of benzene rings is 7. The van der Waals surface area contributed by atoms with Crippen LogP contribution in [0.25, 0.3) is 86.3 Å². The minimum absolute atomic E-state index is 0.589. The molecule has 0 bridgehead atoms. The van der Waals surface area contributed by atoms with E-state index in [4.69, 9.17) is 0 Å². The second-order valence-corrected chi connectivity index (χ2v) is 14.4. The number of nitrogens with zero attached hydrogens (tertiary/aromatic N) is 5. The zero-order chi connectivity index (χ0) is 35.1. The summed E-state index contributed by atoms with van der Waals surface area (Å²) in [6.45, 7) is 2.10. The van der Waals surface area contributed by atoms with Gasteiger partial charge in [0, 0.05) is 53.1 Å². The third-order valence-electron chi connectivity index (χ3n) is 10.2. The number of hydrogen-bond acceptors (Lipinski definition) is 4. The quantitative estimate of drug-likeness (QED) is 0.186. The molecule has 3 aromatic heterocycles. The summed E-state index contributed by atoms with van der Waals surface area (Å²) in [6, 6.07) is 52.9. The highest BCUT2D eigenvalue weighted by Gasteiger charge is 2.17. The number of aryl methyl sites for hydroxylation is 1. The Morgan fingerprint density at radius 3 is 1.48 bits per heavy atom. The van der Waals surface area contributed by atoms with Gasteiger partial charge in [0.05, 0.1) is 57.0 Å². The Hall–Kier alpha value is -7.17. The predicted octanol–water partition coefficient (Wildman–Crippen LogP) is 11.8. The van der Waals surface area contributed by atoms with Crippen LogP contribution in [0.15, 0.2) is 133 Å². The molecule has 3 heterocycles. The molecule has 0 saturated heterocycles. The Morgan fingerprint density at radius 2 is 0.904 bits per heavy atom. The number of rotatable bonds is 3. The summed E-state index contributed by atoms with van der Waals surface area (Å²) in [5.74, 6) is 0. The van der Waals surface area contributed by atoms with Gasteiger partial charge in [-0.05, 0) is 127 Å². The highest BCUT2D eigenvalue weighted by atomic mass is 32.1.